The van der Waals surface area contributed by atoms with Gasteiger partial charge in [-0.2, -0.15) is 0 Å². The topological polar surface area (TPSA) is 97.4 Å². The first kappa shape index (κ1) is 35.3. The van der Waals surface area contributed by atoms with E-state index in [1.807, 2.05) is 18.2 Å². The molecule has 8 nitrogen and oxygen atoms in total. The monoisotopic (exact) mass is 680 g/mol. The molecule has 0 heterocycles. The third-order valence-corrected chi connectivity index (χ3v) is 7.62. The fourth-order valence-corrected chi connectivity index (χ4v) is 5.06. The number of esters is 2. The minimum Gasteiger partial charge on any atom is -0.490 e. The molecule has 0 radical (unpaired) electrons. The molecule has 0 aliphatic rings. The van der Waals surface area contributed by atoms with Crippen molar-refractivity contribution >= 4 is 28.9 Å². The third-order valence-electron chi connectivity index (χ3n) is 7.62. The molecule has 0 bridgehead atoms. The fourth-order valence-electron chi connectivity index (χ4n) is 5.06. The van der Waals surface area contributed by atoms with Crippen LogP contribution in [0.25, 0.3) is 33.0 Å². The van der Waals surface area contributed by atoms with E-state index in [0.717, 1.165) is 28.8 Å². The van der Waals surface area contributed by atoms with Crippen LogP contribution in [0.4, 0.5) is 13.6 Å². The molecule has 0 aliphatic heterocycles. The van der Waals surface area contributed by atoms with Crippen LogP contribution in [0.15, 0.2) is 110 Å². The van der Waals surface area contributed by atoms with Crippen LogP contribution in [0.2, 0.25) is 0 Å². The van der Waals surface area contributed by atoms with Crippen molar-refractivity contribution in [3.05, 3.63) is 132 Å². The Bertz CT molecular complexity index is 1990. The van der Waals surface area contributed by atoms with Gasteiger partial charge in [-0.05, 0) is 71.0 Å². The number of benzene rings is 5. The lowest BCUT2D eigenvalue weighted by Crippen LogP contribution is -2.09. The molecule has 0 aliphatic carbocycles. The maximum atomic E-state index is 15.1. The Morgan fingerprint density at radius 3 is 2.20 bits per heavy atom. The molecule has 50 heavy (non-hydrogen) atoms. The highest BCUT2D eigenvalue weighted by atomic mass is 19.1. The van der Waals surface area contributed by atoms with Crippen molar-refractivity contribution in [3.8, 4) is 33.8 Å². The fraction of sp³-hybridized carbons (Fsp3) is 0.175. The molecule has 0 N–H and O–H groups in total. The SMILES string of the molecule is C=CC(=O)OCCCOc1ccc2cc(-c3ccc(OC(=O)c4ccc(-c5ccc(CCOC(=O)OCC)cc5)c(F)c4)cc3)ccc2c1F. The number of halogens is 2. The summed E-state index contributed by atoms with van der Waals surface area (Å²) in [7, 11) is 0. The molecule has 0 aromatic heterocycles. The second-order valence-corrected chi connectivity index (χ2v) is 11.0. The summed E-state index contributed by atoms with van der Waals surface area (Å²) in [5, 5.41) is 1.06. The van der Waals surface area contributed by atoms with Crippen molar-refractivity contribution in [3.63, 3.8) is 0 Å². The summed E-state index contributed by atoms with van der Waals surface area (Å²) in [6.07, 6.45) is 1.24. The minimum absolute atomic E-state index is 0.0547. The summed E-state index contributed by atoms with van der Waals surface area (Å²) in [6.45, 7) is 5.74. The van der Waals surface area contributed by atoms with Gasteiger partial charge in [0.2, 0.25) is 0 Å². The highest BCUT2D eigenvalue weighted by Gasteiger charge is 2.15. The highest BCUT2D eigenvalue weighted by Crippen LogP contribution is 2.31. The number of hydrogen-bond donors (Lipinski definition) is 0. The van der Waals surface area contributed by atoms with Gasteiger partial charge in [-0.1, -0.05) is 67.2 Å². The summed E-state index contributed by atoms with van der Waals surface area (Å²) in [6, 6.07) is 26.7. The van der Waals surface area contributed by atoms with Gasteiger partial charge in [-0.25, -0.2) is 23.2 Å². The van der Waals surface area contributed by atoms with Crippen LogP contribution < -0.4 is 9.47 Å². The molecule has 5 aromatic carbocycles. The summed E-state index contributed by atoms with van der Waals surface area (Å²) in [4.78, 5) is 35.3. The van der Waals surface area contributed by atoms with E-state index in [2.05, 4.69) is 6.58 Å². The zero-order valence-corrected chi connectivity index (χ0v) is 27.3. The number of ether oxygens (including phenoxy) is 5. The molecular weight excluding hydrogens is 646 g/mol. The molecule has 0 fully saturated rings. The average Bonchev–Trinajstić information content (AvgIpc) is 3.13. The van der Waals surface area contributed by atoms with Gasteiger partial charge in [-0.15, -0.1) is 0 Å². The lowest BCUT2D eigenvalue weighted by atomic mass is 10.0. The predicted molar refractivity (Wildman–Crippen MR) is 184 cm³/mol. The molecule has 0 amide bonds. The normalized spacial score (nSPS) is 10.7. The Morgan fingerprint density at radius 1 is 0.740 bits per heavy atom. The van der Waals surface area contributed by atoms with Gasteiger partial charge < -0.3 is 23.7 Å². The number of carbonyl (C=O) groups is 3. The second-order valence-electron chi connectivity index (χ2n) is 11.0. The zero-order chi connectivity index (χ0) is 35.5. The van der Waals surface area contributed by atoms with Crippen molar-refractivity contribution in [2.75, 3.05) is 26.4 Å². The molecule has 0 atom stereocenters. The summed E-state index contributed by atoms with van der Waals surface area (Å²) in [5.41, 5.74) is 3.54. The molecule has 0 saturated heterocycles. The summed E-state index contributed by atoms with van der Waals surface area (Å²) < 4.78 is 55.8. The smallest absolute Gasteiger partial charge is 0.490 e. The van der Waals surface area contributed by atoms with E-state index in [4.69, 9.17) is 23.7 Å². The number of carbonyl (C=O) groups excluding carboxylic acids is 3. The van der Waals surface area contributed by atoms with Gasteiger partial charge in [0.05, 0.1) is 32.0 Å². The molecular formula is C40H34F2O8. The maximum absolute atomic E-state index is 15.1. The van der Waals surface area contributed by atoms with E-state index < -0.39 is 29.7 Å². The quantitative estimate of drug-likeness (QED) is 0.0497. The van der Waals surface area contributed by atoms with Crippen molar-refractivity contribution in [2.45, 2.75) is 19.8 Å². The lowest BCUT2D eigenvalue weighted by molar-refractivity contribution is -0.137. The van der Waals surface area contributed by atoms with Crippen molar-refractivity contribution in [1.29, 1.82) is 0 Å². The highest BCUT2D eigenvalue weighted by molar-refractivity contribution is 5.92. The van der Waals surface area contributed by atoms with Gasteiger partial charge in [0.15, 0.2) is 11.6 Å². The first-order valence-electron chi connectivity index (χ1n) is 15.9. The van der Waals surface area contributed by atoms with E-state index in [0.29, 0.717) is 34.7 Å². The van der Waals surface area contributed by atoms with Crippen molar-refractivity contribution in [1.82, 2.24) is 0 Å². The Hall–Kier alpha value is -6.03. The Kier molecular flexibility index (Phi) is 11.9. The first-order valence-corrected chi connectivity index (χ1v) is 15.9. The molecule has 5 rings (SSSR count). The van der Waals surface area contributed by atoms with E-state index in [1.165, 1.54) is 12.1 Å². The third kappa shape index (κ3) is 9.10. The van der Waals surface area contributed by atoms with Crippen molar-refractivity contribution < 1.29 is 46.8 Å². The van der Waals surface area contributed by atoms with E-state index in [1.54, 1.807) is 67.6 Å². The molecule has 256 valence electrons. The van der Waals surface area contributed by atoms with E-state index in [-0.39, 0.29) is 43.5 Å². The number of hydrogen-bond acceptors (Lipinski definition) is 8. The van der Waals surface area contributed by atoms with Gasteiger partial charge in [0.25, 0.3) is 0 Å². The van der Waals surface area contributed by atoms with Crippen LogP contribution in [-0.4, -0.2) is 44.5 Å². The van der Waals surface area contributed by atoms with Crippen LogP contribution in [-0.2, 0) is 25.4 Å². The summed E-state index contributed by atoms with van der Waals surface area (Å²) in [5.74, 6) is -1.92. The Morgan fingerprint density at radius 2 is 1.48 bits per heavy atom. The first-order chi connectivity index (χ1) is 24.2. The van der Waals surface area contributed by atoms with Crippen molar-refractivity contribution in [2.24, 2.45) is 0 Å². The van der Waals surface area contributed by atoms with Gasteiger partial charge in [-0.3, -0.25) is 0 Å². The number of fused-ring (bicyclic) bond motifs is 1. The molecule has 0 saturated carbocycles. The minimum atomic E-state index is -0.718. The summed E-state index contributed by atoms with van der Waals surface area (Å²) >= 11 is 0. The van der Waals surface area contributed by atoms with E-state index >= 15 is 8.78 Å². The van der Waals surface area contributed by atoms with Gasteiger partial charge in [0, 0.05) is 29.9 Å². The Labute approximate surface area is 287 Å². The second kappa shape index (κ2) is 16.9. The van der Waals surface area contributed by atoms with Crippen LogP contribution in [0.3, 0.4) is 0 Å². The van der Waals surface area contributed by atoms with Gasteiger partial charge in [0.1, 0.15) is 11.6 Å². The standard InChI is InChI=1S/C40H34F2O8/c1-3-37(43)48-22-5-21-47-36-19-14-30-24-29(12-18-34(30)38(36)42)27-10-15-32(16-11-27)50-39(44)31-13-17-33(35(41)25-31)28-8-6-26(7-9-28)20-23-49-40(45)46-4-2/h3,6-19,24-25H,1,4-5,20-23H2,2H3. The molecule has 0 spiro atoms. The van der Waals surface area contributed by atoms with Crippen LogP contribution >= 0.6 is 0 Å². The van der Waals surface area contributed by atoms with Gasteiger partial charge >= 0.3 is 18.1 Å². The van der Waals surface area contributed by atoms with E-state index in [9.17, 15) is 14.4 Å². The molecule has 0 unspecified atom stereocenters. The average molecular weight is 681 g/mol. The lowest BCUT2D eigenvalue weighted by Gasteiger charge is -2.11. The van der Waals surface area contributed by atoms with Crippen LogP contribution in [0, 0.1) is 11.6 Å². The number of rotatable bonds is 14. The maximum Gasteiger partial charge on any atom is 0.508 e. The molecule has 10 heteroatoms. The Balaban J connectivity index is 1.17. The molecule has 5 aromatic rings. The zero-order valence-electron chi connectivity index (χ0n) is 27.3. The predicted octanol–water partition coefficient (Wildman–Crippen LogP) is 8.88. The van der Waals surface area contributed by atoms with Crippen LogP contribution in [0.5, 0.6) is 11.5 Å². The largest absolute Gasteiger partial charge is 0.508 e. The van der Waals surface area contributed by atoms with Crippen LogP contribution in [0.1, 0.15) is 29.3 Å².